The van der Waals surface area contributed by atoms with Crippen molar-refractivity contribution in [3.8, 4) is 0 Å². The SMILES string of the molecule is O=C(c1ccc2n[nH]nc2c1)N1CCCC1. The van der Waals surface area contributed by atoms with Gasteiger partial charge in [0.15, 0.2) is 0 Å². The second kappa shape index (κ2) is 3.59. The molecular weight excluding hydrogens is 204 g/mol. The Morgan fingerprint density at radius 2 is 1.94 bits per heavy atom. The van der Waals surface area contributed by atoms with E-state index in [9.17, 15) is 4.79 Å². The van der Waals surface area contributed by atoms with Gasteiger partial charge in [-0.3, -0.25) is 4.79 Å². The first kappa shape index (κ1) is 9.33. The predicted molar refractivity (Wildman–Crippen MR) is 59.0 cm³/mol. The van der Waals surface area contributed by atoms with Crippen LogP contribution in [0, 0.1) is 0 Å². The Kier molecular flexibility index (Phi) is 2.09. The first-order valence-electron chi connectivity index (χ1n) is 5.44. The van der Waals surface area contributed by atoms with Gasteiger partial charge in [-0.1, -0.05) is 0 Å². The minimum absolute atomic E-state index is 0.0994. The van der Waals surface area contributed by atoms with Gasteiger partial charge >= 0.3 is 0 Å². The molecule has 0 unspecified atom stereocenters. The average molecular weight is 216 g/mol. The highest BCUT2D eigenvalue weighted by Crippen LogP contribution is 2.15. The monoisotopic (exact) mass is 216 g/mol. The van der Waals surface area contributed by atoms with Crippen molar-refractivity contribution < 1.29 is 4.79 Å². The molecule has 0 aliphatic carbocycles. The second-order valence-corrected chi connectivity index (χ2v) is 4.03. The van der Waals surface area contributed by atoms with Crippen LogP contribution in [-0.2, 0) is 0 Å². The molecule has 0 saturated carbocycles. The summed E-state index contributed by atoms with van der Waals surface area (Å²) in [5.74, 6) is 0.0994. The quantitative estimate of drug-likeness (QED) is 0.779. The first-order valence-corrected chi connectivity index (χ1v) is 5.44. The van der Waals surface area contributed by atoms with Crippen molar-refractivity contribution in [3.63, 3.8) is 0 Å². The molecule has 1 N–H and O–H groups in total. The van der Waals surface area contributed by atoms with E-state index < -0.39 is 0 Å². The Morgan fingerprint density at radius 1 is 1.19 bits per heavy atom. The van der Waals surface area contributed by atoms with Crippen LogP contribution in [-0.4, -0.2) is 39.3 Å². The van der Waals surface area contributed by atoms with Crippen molar-refractivity contribution in [2.75, 3.05) is 13.1 Å². The number of carbonyl (C=O) groups excluding carboxylic acids is 1. The van der Waals surface area contributed by atoms with Gasteiger partial charge in [0.1, 0.15) is 11.0 Å². The topological polar surface area (TPSA) is 61.9 Å². The van der Waals surface area contributed by atoms with Crippen LogP contribution in [0.15, 0.2) is 18.2 Å². The molecule has 5 nitrogen and oxygen atoms in total. The fourth-order valence-electron chi connectivity index (χ4n) is 2.08. The van der Waals surface area contributed by atoms with Crippen LogP contribution in [0.1, 0.15) is 23.2 Å². The summed E-state index contributed by atoms with van der Waals surface area (Å²) in [5, 5.41) is 10.5. The summed E-state index contributed by atoms with van der Waals surface area (Å²) in [6, 6.07) is 5.42. The molecule has 1 fully saturated rings. The fourth-order valence-corrected chi connectivity index (χ4v) is 2.08. The highest BCUT2D eigenvalue weighted by atomic mass is 16.2. The van der Waals surface area contributed by atoms with Gasteiger partial charge < -0.3 is 4.90 Å². The summed E-state index contributed by atoms with van der Waals surface area (Å²) in [6.07, 6.45) is 2.22. The van der Waals surface area contributed by atoms with Gasteiger partial charge in [0.25, 0.3) is 5.91 Å². The Balaban J connectivity index is 1.95. The van der Waals surface area contributed by atoms with E-state index in [2.05, 4.69) is 15.4 Å². The molecular formula is C11H12N4O. The van der Waals surface area contributed by atoms with Crippen LogP contribution in [0.25, 0.3) is 11.0 Å². The molecule has 16 heavy (non-hydrogen) atoms. The zero-order valence-electron chi connectivity index (χ0n) is 8.81. The Labute approximate surface area is 92.4 Å². The lowest BCUT2D eigenvalue weighted by molar-refractivity contribution is 0.0793. The summed E-state index contributed by atoms with van der Waals surface area (Å²) in [7, 11) is 0. The minimum Gasteiger partial charge on any atom is -0.339 e. The number of likely N-dealkylation sites (tertiary alicyclic amines) is 1. The van der Waals surface area contributed by atoms with Crippen LogP contribution in [0.5, 0.6) is 0 Å². The number of fused-ring (bicyclic) bond motifs is 1. The normalized spacial score (nSPS) is 15.9. The van der Waals surface area contributed by atoms with Gasteiger partial charge in [0, 0.05) is 18.7 Å². The van der Waals surface area contributed by atoms with Crippen molar-refractivity contribution >= 4 is 16.9 Å². The maximum Gasteiger partial charge on any atom is 0.253 e. The Morgan fingerprint density at radius 3 is 2.75 bits per heavy atom. The van der Waals surface area contributed by atoms with E-state index in [0.29, 0.717) is 5.56 Å². The number of aromatic nitrogens is 3. The smallest absolute Gasteiger partial charge is 0.253 e. The van der Waals surface area contributed by atoms with Crippen molar-refractivity contribution in [2.45, 2.75) is 12.8 Å². The van der Waals surface area contributed by atoms with E-state index in [1.54, 1.807) is 6.07 Å². The lowest BCUT2D eigenvalue weighted by Gasteiger charge is -2.14. The summed E-state index contributed by atoms with van der Waals surface area (Å²) in [5.41, 5.74) is 2.23. The van der Waals surface area contributed by atoms with Crippen molar-refractivity contribution in [1.82, 2.24) is 20.3 Å². The molecule has 1 aromatic heterocycles. The molecule has 0 bridgehead atoms. The number of carbonyl (C=O) groups is 1. The van der Waals surface area contributed by atoms with Crippen molar-refractivity contribution in [3.05, 3.63) is 23.8 Å². The number of hydrogen-bond acceptors (Lipinski definition) is 3. The van der Waals surface area contributed by atoms with E-state index in [1.165, 1.54) is 0 Å². The predicted octanol–water partition coefficient (Wildman–Crippen LogP) is 1.19. The molecule has 2 aromatic rings. The largest absolute Gasteiger partial charge is 0.339 e. The number of aromatic amines is 1. The maximum absolute atomic E-state index is 12.1. The zero-order chi connectivity index (χ0) is 11.0. The molecule has 1 amide bonds. The van der Waals surface area contributed by atoms with Crippen molar-refractivity contribution in [1.29, 1.82) is 0 Å². The van der Waals surface area contributed by atoms with Gasteiger partial charge in [-0.15, -0.1) is 0 Å². The molecule has 82 valence electrons. The molecule has 1 saturated heterocycles. The van der Waals surface area contributed by atoms with Gasteiger partial charge in [-0.2, -0.15) is 15.4 Å². The molecule has 1 aliphatic rings. The lowest BCUT2D eigenvalue weighted by atomic mass is 10.2. The third kappa shape index (κ3) is 1.44. The molecule has 0 radical (unpaired) electrons. The summed E-state index contributed by atoms with van der Waals surface area (Å²) in [4.78, 5) is 14.0. The molecule has 1 aliphatic heterocycles. The molecule has 5 heteroatoms. The first-order chi connectivity index (χ1) is 7.84. The van der Waals surface area contributed by atoms with E-state index in [-0.39, 0.29) is 5.91 Å². The maximum atomic E-state index is 12.1. The molecule has 2 heterocycles. The summed E-state index contributed by atoms with van der Waals surface area (Å²) in [6.45, 7) is 1.74. The number of H-pyrrole nitrogens is 1. The van der Waals surface area contributed by atoms with Gasteiger partial charge in [0.05, 0.1) is 0 Å². The highest BCUT2D eigenvalue weighted by molar-refractivity contribution is 5.97. The summed E-state index contributed by atoms with van der Waals surface area (Å²) < 4.78 is 0. The highest BCUT2D eigenvalue weighted by Gasteiger charge is 2.19. The van der Waals surface area contributed by atoms with E-state index in [0.717, 1.165) is 37.0 Å². The number of nitrogens with one attached hydrogen (secondary N) is 1. The zero-order valence-corrected chi connectivity index (χ0v) is 8.81. The van der Waals surface area contributed by atoms with Crippen LogP contribution < -0.4 is 0 Å². The third-order valence-corrected chi connectivity index (χ3v) is 2.96. The third-order valence-electron chi connectivity index (χ3n) is 2.96. The minimum atomic E-state index is 0.0994. The molecule has 0 atom stereocenters. The number of nitrogens with zero attached hydrogens (tertiary/aromatic N) is 3. The van der Waals surface area contributed by atoms with Crippen LogP contribution in [0.4, 0.5) is 0 Å². The standard InChI is InChI=1S/C11H12N4O/c16-11(15-5-1-2-6-15)8-3-4-9-10(7-8)13-14-12-9/h3-4,7H,1-2,5-6H2,(H,12,13,14). The van der Waals surface area contributed by atoms with Gasteiger partial charge in [0.2, 0.25) is 0 Å². The number of benzene rings is 1. The molecule has 3 rings (SSSR count). The number of hydrogen-bond donors (Lipinski definition) is 1. The van der Waals surface area contributed by atoms with Crippen LogP contribution >= 0.6 is 0 Å². The number of rotatable bonds is 1. The van der Waals surface area contributed by atoms with E-state index in [4.69, 9.17) is 0 Å². The van der Waals surface area contributed by atoms with Crippen LogP contribution in [0.3, 0.4) is 0 Å². The second-order valence-electron chi connectivity index (χ2n) is 4.03. The fraction of sp³-hybridized carbons (Fsp3) is 0.364. The lowest BCUT2D eigenvalue weighted by Crippen LogP contribution is -2.27. The van der Waals surface area contributed by atoms with E-state index in [1.807, 2.05) is 17.0 Å². The Bertz CT molecular complexity index is 528. The van der Waals surface area contributed by atoms with Gasteiger partial charge in [-0.05, 0) is 31.0 Å². The van der Waals surface area contributed by atoms with Gasteiger partial charge in [-0.25, -0.2) is 0 Å². The average Bonchev–Trinajstić information content (AvgIpc) is 2.98. The van der Waals surface area contributed by atoms with Crippen LogP contribution in [0.2, 0.25) is 0 Å². The van der Waals surface area contributed by atoms with Crippen molar-refractivity contribution in [2.24, 2.45) is 0 Å². The summed E-state index contributed by atoms with van der Waals surface area (Å²) >= 11 is 0. The van der Waals surface area contributed by atoms with E-state index >= 15 is 0 Å². The number of amides is 1. The Hall–Kier alpha value is -1.91. The molecule has 0 spiro atoms. The molecule has 1 aromatic carbocycles.